The number of aryl methyl sites for hydroxylation is 1. The van der Waals surface area contributed by atoms with Gasteiger partial charge in [-0.15, -0.1) is 0 Å². The van der Waals surface area contributed by atoms with E-state index in [0.29, 0.717) is 17.9 Å². The molecule has 1 aromatic heterocycles. The third kappa shape index (κ3) is 4.67. The van der Waals surface area contributed by atoms with E-state index in [1.165, 1.54) is 0 Å². The minimum Gasteiger partial charge on any atom is -0.443 e. The number of hydrogen-bond acceptors (Lipinski definition) is 4. The Morgan fingerprint density at radius 1 is 1.20 bits per heavy atom. The Labute approximate surface area is 186 Å². The Kier molecular flexibility index (Phi) is 5.96. The van der Waals surface area contributed by atoms with Gasteiger partial charge in [-0.05, 0) is 71.4 Å². The lowest BCUT2D eigenvalue weighted by molar-refractivity contribution is -0.119. The predicted octanol–water partition coefficient (Wildman–Crippen LogP) is 5.26. The van der Waals surface area contributed by atoms with Gasteiger partial charge in [-0.3, -0.25) is 14.7 Å². The molecule has 0 aliphatic carbocycles. The van der Waals surface area contributed by atoms with Crippen molar-refractivity contribution in [2.24, 2.45) is 0 Å². The molecule has 2 amide bonds. The number of aromatic nitrogens is 1. The van der Waals surface area contributed by atoms with Crippen LogP contribution in [0.25, 0.3) is 0 Å². The van der Waals surface area contributed by atoms with E-state index in [-0.39, 0.29) is 12.3 Å². The van der Waals surface area contributed by atoms with Crippen LogP contribution in [0.2, 0.25) is 0 Å². The number of benzene rings is 1. The van der Waals surface area contributed by atoms with Crippen molar-refractivity contribution in [2.75, 3.05) is 16.3 Å². The molecule has 7 heteroatoms. The summed E-state index contributed by atoms with van der Waals surface area (Å²) in [7, 11) is 0. The van der Waals surface area contributed by atoms with Gasteiger partial charge >= 0.3 is 6.09 Å². The van der Waals surface area contributed by atoms with Crippen molar-refractivity contribution in [2.45, 2.75) is 59.1 Å². The van der Waals surface area contributed by atoms with Crippen LogP contribution < -0.4 is 9.80 Å². The van der Waals surface area contributed by atoms with Crippen molar-refractivity contribution in [3.63, 3.8) is 0 Å². The number of pyridine rings is 1. The van der Waals surface area contributed by atoms with E-state index in [1.54, 1.807) is 16.0 Å². The summed E-state index contributed by atoms with van der Waals surface area (Å²) in [4.78, 5) is 34.1. The third-order valence-corrected chi connectivity index (χ3v) is 5.43. The highest BCUT2D eigenvalue weighted by molar-refractivity contribution is 9.10. The number of halogens is 1. The molecule has 0 spiro atoms. The molecule has 2 aromatic rings. The zero-order valence-electron chi connectivity index (χ0n) is 18.3. The lowest BCUT2D eigenvalue weighted by Crippen LogP contribution is -2.60. The molecule has 0 unspecified atom stereocenters. The molecule has 1 aliphatic heterocycles. The molecule has 0 fully saturated rings. The van der Waals surface area contributed by atoms with E-state index in [1.807, 2.05) is 71.9 Å². The number of anilines is 2. The van der Waals surface area contributed by atoms with E-state index in [4.69, 9.17) is 4.74 Å². The molecule has 3 rings (SSSR count). The normalized spacial score (nSPS) is 15.6. The van der Waals surface area contributed by atoms with Crippen molar-refractivity contribution in [3.8, 4) is 0 Å². The van der Waals surface area contributed by atoms with Crippen LogP contribution in [0, 0.1) is 6.92 Å². The highest BCUT2D eigenvalue weighted by Crippen LogP contribution is 2.42. The van der Waals surface area contributed by atoms with Crippen LogP contribution in [0.5, 0.6) is 0 Å². The molecule has 1 aromatic carbocycles. The molecule has 160 valence electrons. The molecule has 1 aliphatic rings. The van der Waals surface area contributed by atoms with Crippen LogP contribution in [0.1, 0.15) is 45.9 Å². The summed E-state index contributed by atoms with van der Waals surface area (Å²) >= 11 is 3.49. The van der Waals surface area contributed by atoms with Crippen LogP contribution in [-0.4, -0.2) is 34.7 Å². The fourth-order valence-electron chi connectivity index (χ4n) is 3.67. The summed E-state index contributed by atoms with van der Waals surface area (Å²) in [6.45, 7) is 11.7. The second-order valence-electron chi connectivity index (χ2n) is 9.17. The Hall–Kier alpha value is -2.41. The number of amides is 2. The van der Waals surface area contributed by atoms with Crippen LogP contribution in [0.15, 0.2) is 41.0 Å². The fourth-order valence-corrected chi connectivity index (χ4v) is 4.02. The minimum atomic E-state index is -0.620. The number of nitrogens with zero attached hydrogens (tertiary/aromatic N) is 3. The van der Waals surface area contributed by atoms with E-state index in [2.05, 4.69) is 20.9 Å². The van der Waals surface area contributed by atoms with Gasteiger partial charge in [-0.2, -0.15) is 0 Å². The number of carbonyl (C=O) groups excluding carboxylic acids is 2. The van der Waals surface area contributed by atoms with Gasteiger partial charge in [0.25, 0.3) is 0 Å². The summed E-state index contributed by atoms with van der Waals surface area (Å²) in [5.41, 5.74) is 1.84. The maximum Gasteiger partial charge on any atom is 0.414 e. The van der Waals surface area contributed by atoms with Crippen molar-refractivity contribution in [1.29, 1.82) is 0 Å². The van der Waals surface area contributed by atoms with Gasteiger partial charge in [0.1, 0.15) is 5.60 Å². The van der Waals surface area contributed by atoms with E-state index >= 15 is 0 Å². The highest BCUT2D eigenvalue weighted by atomic mass is 79.9. The Morgan fingerprint density at radius 3 is 2.53 bits per heavy atom. The number of carbonyl (C=O) groups is 2. The fraction of sp³-hybridized carbons (Fsp3) is 0.435. The average molecular weight is 474 g/mol. The van der Waals surface area contributed by atoms with Crippen molar-refractivity contribution < 1.29 is 14.3 Å². The van der Waals surface area contributed by atoms with Crippen molar-refractivity contribution >= 4 is 39.3 Å². The second kappa shape index (κ2) is 8.02. The summed E-state index contributed by atoms with van der Waals surface area (Å²) in [6, 6.07) is 9.36. The maximum absolute atomic E-state index is 13.4. The zero-order valence-corrected chi connectivity index (χ0v) is 19.9. The quantitative estimate of drug-likeness (QED) is 0.596. The molecular weight excluding hydrogens is 446 g/mol. The van der Waals surface area contributed by atoms with Crippen LogP contribution in [0.4, 0.5) is 16.2 Å². The van der Waals surface area contributed by atoms with Crippen molar-refractivity contribution in [1.82, 2.24) is 4.98 Å². The molecule has 0 saturated heterocycles. The van der Waals surface area contributed by atoms with Gasteiger partial charge in [0.2, 0.25) is 5.91 Å². The SMILES string of the molecule is Cc1ncccc1CC(=O)N1c2ccc(Br)cc2N(C(=O)OC(C)(C)C)CC1(C)C. The highest BCUT2D eigenvalue weighted by Gasteiger charge is 2.43. The number of ether oxygens (including phenoxy) is 1. The Morgan fingerprint density at radius 2 is 1.90 bits per heavy atom. The lowest BCUT2D eigenvalue weighted by atomic mass is 9.94. The van der Waals surface area contributed by atoms with Crippen LogP contribution in [-0.2, 0) is 16.0 Å². The molecule has 2 heterocycles. The van der Waals surface area contributed by atoms with Gasteiger partial charge in [0.15, 0.2) is 0 Å². The first-order valence-electron chi connectivity index (χ1n) is 9.93. The van der Waals surface area contributed by atoms with Gasteiger partial charge in [0, 0.05) is 16.4 Å². The molecule has 0 bridgehead atoms. The van der Waals surface area contributed by atoms with Crippen LogP contribution >= 0.6 is 15.9 Å². The van der Waals surface area contributed by atoms with Crippen LogP contribution in [0.3, 0.4) is 0 Å². The van der Waals surface area contributed by atoms with E-state index in [9.17, 15) is 9.59 Å². The largest absolute Gasteiger partial charge is 0.443 e. The summed E-state index contributed by atoms with van der Waals surface area (Å²) < 4.78 is 6.46. The van der Waals surface area contributed by atoms with Gasteiger partial charge < -0.3 is 9.64 Å². The maximum atomic E-state index is 13.4. The molecule has 6 nitrogen and oxygen atoms in total. The molecular formula is C23H28BrN3O3. The number of rotatable bonds is 2. The van der Waals surface area contributed by atoms with Gasteiger partial charge in [-0.25, -0.2) is 4.79 Å². The van der Waals surface area contributed by atoms with Crippen molar-refractivity contribution in [3.05, 3.63) is 52.3 Å². The topological polar surface area (TPSA) is 62.7 Å². The minimum absolute atomic E-state index is 0.0384. The molecule has 0 radical (unpaired) electrons. The van der Waals surface area contributed by atoms with E-state index < -0.39 is 17.2 Å². The Bertz CT molecular complexity index is 982. The predicted molar refractivity (Wildman–Crippen MR) is 122 cm³/mol. The first-order valence-corrected chi connectivity index (χ1v) is 10.7. The molecule has 30 heavy (non-hydrogen) atoms. The standard InChI is InChI=1S/C23H28BrN3O3/c1-15-16(8-7-11-25-15)12-20(28)27-18-10-9-17(24)13-19(18)26(14-23(27,5)6)21(29)30-22(2,3)4/h7-11,13H,12,14H2,1-6H3. The van der Waals surface area contributed by atoms with Gasteiger partial charge in [0.05, 0.1) is 29.9 Å². The average Bonchev–Trinajstić information content (AvgIpc) is 2.61. The first kappa shape index (κ1) is 22.3. The monoisotopic (exact) mass is 473 g/mol. The second-order valence-corrected chi connectivity index (χ2v) is 10.1. The van der Waals surface area contributed by atoms with E-state index in [0.717, 1.165) is 15.7 Å². The molecule has 0 saturated carbocycles. The third-order valence-electron chi connectivity index (χ3n) is 4.94. The first-order chi connectivity index (χ1) is 13.9. The summed E-state index contributed by atoms with van der Waals surface area (Å²) in [5, 5.41) is 0. The smallest absolute Gasteiger partial charge is 0.414 e. The summed E-state index contributed by atoms with van der Waals surface area (Å²) in [5.74, 6) is -0.0384. The molecule has 0 atom stereocenters. The molecule has 0 N–H and O–H groups in total. The number of hydrogen-bond donors (Lipinski definition) is 0. The number of fused-ring (bicyclic) bond motifs is 1. The Balaban J connectivity index is 2.02. The summed E-state index contributed by atoms with van der Waals surface area (Å²) in [6.07, 6.45) is 1.54. The lowest BCUT2D eigenvalue weighted by Gasteiger charge is -2.47. The zero-order chi connectivity index (χ0) is 22.3. The van der Waals surface area contributed by atoms with Gasteiger partial charge in [-0.1, -0.05) is 22.0 Å².